The van der Waals surface area contributed by atoms with E-state index in [1.165, 1.54) is 6.33 Å². The third-order valence-corrected chi connectivity index (χ3v) is 4.79. The highest BCUT2D eigenvalue weighted by Crippen LogP contribution is 2.39. The first-order valence-corrected chi connectivity index (χ1v) is 8.38. The zero-order valence-electron chi connectivity index (χ0n) is 13.8. The second kappa shape index (κ2) is 6.12. The molecule has 0 spiro atoms. The number of aliphatic hydroxyl groups excluding tert-OH is 1. The van der Waals surface area contributed by atoms with Crippen molar-refractivity contribution in [2.24, 2.45) is 0 Å². The number of benzene rings is 1. The van der Waals surface area contributed by atoms with Crippen molar-refractivity contribution < 1.29 is 9.90 Å². The molecule has 1 amide bonds. The average molecular weight is 370 g/mol. The number of aliphatic hydroxyl groups is 1. The lowest BCUT2D eigenvalue weighted by Gasteiger charge is -2.41. The SMILES string of the molecule is CC1(c2ccc(Cl)cc2)NC(=O)C2=CC=C(Nc3ccncn3)C(O)N21. The molecule has 2 aliphatic rings. The standard InChI is InChI=1S/C18H16ClN5O2/c1-18(11-2-4-12(19)5-3-11)23-16(25)14-7-6-13(17(26)24(14)18)22-15-8-9-20-10-21-15/h2-10,17,26H,1H3,(H,23,25)(H,20,21,22). The molecule has 0 radical (unpaired) electrons. The minimum atomic E-state index is -1.07. The summed E-state index contributed by atoms with van der Waals surface area (Å²) in [4.78, 5) is 22.1. The number of nitrogens with one attached hydrogen (secondary N) is 2. The molecule has 1 aromatic heterocycles. The molecule has 2 aliphatic heterocycles. The van der Waals surface area contributed by atoms with Crippen LogP contribution in [0, 0.1) is 0 Å². The fraction of sp³-hybridized carbons (Fsp3) is 0.167. The van der Waals surface area contributed by atoms with Crippen LogP contribution in [0.25, 0.3) is 0 Å². The fourth-order valence-corrected chi connectivity index (χ4v) is 3.35. The number of nitrogens with zero attached hydrogens (tertiary/aromatic N) is 3. The van der Waals surface area contributed by atoms with E-state index in [-0.39, 0.29) is 5.91 Å². The minimum absolute atomic E-state index is 0.251. The fourth-order valence-electron chi connectivity index (χ4n) is 3.23. The van der Waals surface area contributed by atoms with E-state index in [0.717, 1.165) is 5.56 Å². The number of hydrogen-bond acceptors (Lipinski definition) is 6. The smallest absolute Gasteiger partial charge is 0.269 e. The Labute approximate surface area is 155 Å². The van der Waals surface area contributed by atoms with Gasteiger partial charge in [-0.1, -0.05) is 23.7 Å². The molecule has 1 saturated heterocycles. The molecule has 3 heterocycles. The van der Waals surface area contributed by atoms with Gasteiger partial charge in [0.2, 0.25) is 0 Å². The number of allylic oxidation sites excluding steroid dienone is 2. The van der Waals surface area contributed by atoms with Gasteiger partial charge in [0.15, 0.2) is 6.23 Å². The number of aromatic nitrogens is 2. The van der Waals surface area contributed by atoms with Gasteiger partial charge in [-0.15, -0.1) is 0 Å². The molecule has 2 atom stereocenters. The largest absolute Gasteiger partial charge is 0.368 e. The molecule has 1 fully saturated rings. The number of halogens is 1. The first-order valence-electron chi connectivity index (χ1n) is 8.00. The van der Waals surface area contributed by atoms with Crippen molar-refractivity contribution in [3.63, 3.8) is 0 Å². The molecule has 26 heavy (non-hydrogen) atoms. The number of hydrogen-bond donors (Lipinski definition) is 3. The van der Waals surface area contributed by atoms with Crippen LogP contribution in [0.5, 0.6) is 0 Å². The highest BCUT2D eigenvalue weighted by atomic mass is 35.5. The van der Waals surface area contributed by atoms with E-state index in [1.54, 1.807) is 41.4 Å². The molecule has 0 saturated carbocycles. The Hall–Kier alpha value is -2.90. The van der Waals surface area contributed by atoms with Crippen LogP contribution in [0.15, 0.2) is 66.4 Å². The van der Waals surface area contributed by atoms with Crippen LogP contribution in [0.1, 0.15) is 12.5 Å². The van der Waals surface area contributed by atoms with Gasteiger partial charge in [-0.05, 0) is 42.8 Å². The summed E-state index contributed by atoms with van der Waals surface area (Å²) in [7, 11) is 0. The summed E-state index contributed by atoms with van der Waals surface area (Å²) in [6, 6.07) is 8.85. The van der Waals surface area contributed by atoms with Crippen molar-refractivity contribution in [1.82, 2.24) is 20.2 Å². The molecule has 8 heteroatoms. The summed E-state index contributed by atoms with van der Waals surface area (Å²) in [5.41, 5.74) is 0.785. The maximum Gasteiger partial charge on any atom is 0.269 e. The van der Waals surface area contributed by atoms with Gasteiger partial charge in [-0.2, -0.15) is 0 Å². The number of fused-ring (bicyclic) bond motifs is 1. The Kier molecular flexibility index (Phi) is 3.90. The number of anilines is 1. The molecule has 7 nitrogen and oxygen atoms in total. The van der Waals surface area contributed by atoms with Gasteiger partial charge in [0, 0.05) is 11.2 Å². The van der Waals surface area contributed by atoms with Crippen molar-refractivity contribution in [3.8, 4) is 0 Å². The van der Waals surface area contributed by atoms with Gasteiger partial charge < -0.3 is 20.6 Å². The first-order chi connectivity index (χ1) is 12.5. The second-order valence-corrected chi connectivity index (χ2v) is 6.61. The van der Waals surface area contributed by atoms with Crippen LogP contribution in [0.4, 0.5) is 5.82 Å². The normalized spacial score (nSPS) is 24.5. The van der Waals surface area contributed by atoms with Crippen molar-refractivity contribution in [2.75, 3.05) is 5.32 Å². The van der Waals surface area contributed by atoms with Crippen molar-refractivity contribution >= 4 is 23.3 Å². The quantitative estimate of drug-likeness (QED) is 0.766. The third-order valence-electron chi connectivity index (χ3n) is 4.54. The summed E-state index contributed by atoms with van der Waals surface area (Å²) in [6.45, 7) is 1.84. The van der Waals surface area contributed by atoms with E-state index in [1.807, 2.05) is 19.1 Å². The molecular formula is C18H16ClN5O2. The molecule has 0 bridgehead atoms. The Morgan fingerprint density at radius 1 is 1.27 bits per heavy atom. The van der Waals surface area contributed by atoms with Gasteiger partial charge >= 0.3 is 0 Å². The van der Waals surface area contributed by atoms with E-state index < -0.39 is 11.9 Å². The second-order valence-electron chi connectivity index (χ2n) is 6.17. The van der Waals surface area contributed by atoms with Gasteiger partial charge in [0.25, 0.3) is 5.91 Å². The Bertz CT molecular complexity index is 913. The van der Waals surface area contributed by atoms with E-state index in [2.05, 4.69) is 20.6 Å². The molecule has 132 valence electrons. The Morgan fingerprint density at radius 3 is 2.73 bits per heavy atom. The van der Waals surface area contributed by atoms with E-state index in [0.29, 0.717) is 22.2 Å². The molecule has 0 aliphatic carbocycles. The highest BCUT2D eigenvalue weighted by Gasteiger charge is 2.49. The lowest BCUT2D eigenvalue weighted by atomic mass is 9.99. The van der Waals surface area contributed by atoms with E-state index >= 15 is 0 Å². The van der Waals surface area contributed by atoms with Gasteiger partial charge in [0.05, 0.1) is 5.70 Å². The van der Waals surface area contributed by atoms with Crippen molar-refractivity contribution in [2.45, 2.75) is 18.8 Å². The average Bonchev–Trinajstić information content (AvgIpc) is 2.91. The van der Waals surface area contributed by atoms with Crippen LogP contribution in [0.2, 0.25) is 5.02 Å². The number of amides is 1. The first kappa shape index (κ1) is 16.6. The van der Waals surface area contributed by atoms with Crippen LogP contribution in [0.3, 0.4) is 0 Å². The van der Waals surface area contributed by atoms with Gasteiger partial charge in [-0.25, -0.2) is 9.97 Å². The maximum atomic E-state index is 12.4. The summed E-state index contributed by atoms with van der Waals surface area (Å²) in [5.74, 6) is 0.299. The zero-order valence-corrected chi connectivity index (χ0v) is 14.6. The molecule has 2 aromatic rings. The predicted octanol–water partition coefficient (Wildman–Crippen LogP) is 1.95. The summed E-state index contributed by atoms with van der Waals surface area (Å²) in [5, 5.41) is 17.6. The van der Waals surface area contributed by atoms with Crippen molar-refractivity contribution in [1.29, 1.82) is 0 Å². The van der Waals surface area contributed by atoms with Crippen LogP contribution < -0.4 is 10.6 Å². The Morgan fingerprint density at radius 2 is 2.04 bits per heavy atom. The molecule has 3 N–H and O–H groups in total. The molecular weight excluding hydrogens is 354 g/mol. The van der Waals surface area contributed by atoms with Crippen LogP contribution in [-0.2, 0) is 10.5 Å². The van der Waals surface area contributed by atoms with Gasteiger partial charge in [-0.3, -0.25) is 4.79 Å². The Balaban J connectivity index is 1.70. The maximum absolute atomic E-state index is 12.4. The van der Waals surface area contributed by atoms with Crippen LogP contribution >= 0.6 is 11.6 Å². The van der Waals surface area contributed by atoms with Gasteiger partial charge in [0.1, 0.15) is 23.5 Å². The number of rotatable bonds is 3. The molecule has 1 aromatic carbocycles. The predicted molar refractivity (Wildman–Crippen MR) is 96.6 cm³/mol. The summed E-state index contributed by atoms with van der Waals surface area (Å²) in [6.07, 6.45) is 5.30. The van der Waals surface area contributed by atoms with E-state index in [4.69, 9.17) is 11.6 Å². The lowest BCUT2D eigenvalue weighted by Crippen LogP contribution is -2.52. The van der Waals surface area contributed by atoms with Crippen molar-refractivity contribution in [3.05, 3.63) is 77.0 Å². The lowest BCUT2D eigenvalue weighted by molar-refractivity contribution is -0.117. The number of carbonyl (C=O) groups is 1. The zero-order chi connectivity index (χ0) is 18.3. The minimum Gasteiger partial charge on any atom is -0.368 e. The number of carbonyl (C=O) groups excluding carboxylic acids is 1. The monoisotopic (exact) mass is 369 g/mol. The summed E-state index contributed by atoms with van der Waals surface area (Å²) < 4.78 is 0. The van der Waals surface area contributed by atoms with Crippen LogP contribution in [-0.4, -0.2) is 32.1 Å². The topological polar surface area (TPSA) is 90.4 Å². The van der Waals surface area contributed by atoms with E-state index in [9.17, 15) is 9.90 Å². The third kappa shape index (κ3) is 2.61. The highest BCUT2D eigenvalue weighted by molar-refractivity contribution is 6.30. The molecule has 4 rings (SSSR count). The molecule has 2 unspecified atom stereocenters. The summed E-state index contributed by atoms with van der Waals surface area (Å²) >= 11 is 5.98.